The van der Waals surface area contributed by atoms with Crippen LogP contribution in [-0.4, -0.2) is 180 Å². The number of ether oxygens (including phenoxy) is 10. The molecule has 1 aliphatic rings. The molecule has 28 heteroatoms. The summed E-state index contributed by atoms with van der Waals surface area (Å²) in [5.74, 6) is -7.36. The summed E-state index contributed by atoms with van der Waals surface area (Å²) in [6.07, 6.45) is -6.79. The second kappa shape index (κ2) is 36.2. The fraction of sp³-hybridized carbons (Fsp3) is 0.400. The molecule has 3 aromatic rings. The van der Waals surface area contributed by atoms with Crippen molar-refractivity contribution in [2.45, 2.75) is 78.2 Å². The van der Waals surface area contributed by atoms with Gasteiger partial charge in [0.1, 0.15) is 51.8 Å². The number of aliphatic hydroxyl groups is 4. The van der Waals surface area contributed by atoms with Crippen LogP contribution in [0.1, 0.15) is 104 Å². The minimum atomic E-state index is -1.39. The van der Waals surface area contributed by atoms with Crippen molar-refractivity contribution in [2.75, 3.05) is 52.9 Å². The molecule has 4 rings (SSSR count). The summed E-state index contributed by atoms with van der Waals surface area (Å²) in [7, 11) is 0. The fourth-order valence-electron chi connectivity index (χ4n) is 4.89. The zero-order valence-electron chi connectivity index (χ0n) is 42.6. The first-order chi connectivity index (χ1) is 36.7. The summed E-state index contributed by atoms with van der Waals surface area (Å²) in [5, 5.41) is 34.0. The Kier molecular flexibility index (Phi) is 31.6. The van der Waals surface area contributed by atoms with Crippen LogP contribution in [0.15, 0.2) is 72.8 Å². The smallest absolute Gasteiger partial charge is 0.347 e. The van der Waals surface area contributed by atoms with Crippen molar-refractivity contribution >= 4 is 93.4 Å². The van der Waals surface area contributed by atoms with E-state index < -0.39 is 107 Å². The highest BCUT2D eigenvalue weighted by atomic mass is 35.5. The molecule has 3 aromatic carbocycles. The van der Waals surface area contributed by atoms with Crippen molar-refractivity contribution in [1.82, 2.24) is 0 Å². The number of esters is 10. The zero-order valence-corrected chi connectivity index (χ0v) is 44.1. The largest absolute Gasteiger partial charge is 0.460 e. The highest BCUT2D eigenvalue weighted by Crippen LogP contribution is 2.12. The lowest BCUT2D eigenvalue weighted by molar-refractivity contribution is -0.191. The van der Waals surface area contributed by atoms with E-state index in [0.717, 1.165) is 0 Å². The molecular formula is C50H56Cl2O26. The molecule has 0 saturated carbocycles. The van der Waals surface area contributed by atoms with E-state index in [9.17, 15) is 57.5 Å². The number of carbonyl (C=O) groups is 12. The second-order valence-electron chi connectivity index (χ2n) is 15.3. The molecular weight excluding hydrogens is 1090 g/mol. The van der Waals surface area contributed by atoms with Gasteiger partial charge in [0.2, 0.25) is 0 Å². The SMILES string of the molecule is C[C@@H]1OC(=O)[C@@H](C)OC1=O.C[C@H](OC(=O)[C@@H](C)O)C(=O)OCCOC(=O)c1ccc(C(=O)OCCOC(=O)[C@H](C)OC(=O)[C@@H](C)O)cc1.O=C(Cl)c1ccc(C(=O)Cl)cc1.O=C(OCCO)c1ccc(C(=O)OCCO)cc1. The maximum atomic E-state index is 12.1. The number of aliphatic hydroxyl groups excluding tert-OH is 4. The van der Waals surface area contributed by atoms with Crippen molar-refractivity contribution in [2.24, 2.45) is 0 Å². The normalized spacial score (nSPS) is 14.6. The summed E-state index contributed by atoms with van der Waals surface area (Å²) >= 11 is 10.4. The summed E-state index contributed by atoms with van der Waals surface area (Å²) in [4.78, 5) is 135. The Bertz CT molecular complexity index is 2340. The van der Waals surface area contributed by atoms with Crippen LogP contribution in [-0.2, 0) is 76.1 Å². The zero-order chi connectivity index (χ0) is 59.1. The lowest BCUT2D eigenvalue weighted by Crippen LogP contribution is -2.40. The lowest BCUT2D eigenvalue weighted by Gasteiger charge is -2.22. The van der Waals surface area contributed by atoms with Crippen molar-refractivity contribution in [1.29, 1.82) is 0 Å². The number of halogens is 2. The highest BCUT2D eigenvalue weighted by molar-refractivity contribution is 6.68. The van der Waals surface area contributed by atoms with Gasteiger partial charge in [-0.3, -0.25) is 9.59 Å². The average Bonchev–Trinajstić information content (AvgIpc) is 3.41. The van der Waals surface area contributed by atoms with E-state index in [1.54, 1.807) is 0 Å². The maximum Gasteiger partial charge on any atom is 0.347 e. The Hall–Kier alpha value is -7.88. The van der Waals surface area contributed by atoms with Crippen molar-refractivity contribution in [3.63, 3.8) is 0 Å². The molecule has 0 unspecified atom stereocenters. The standard InChI is InChI=1S/C24H30O14.C12H14O6.C8H4Cl2O2.C6H8O4/c1-13(25)19(27)37-15(3)21(29)33-9-11-35-23(31)17-5-7-18(8-6-17)24(32)36-12-10-34-22(30)16(4)38-20(28)14(2)26;13-5-7-17-11(15)9-1-2-10(4-3-9)12(16)18-8-6-14;9-7(11)5-1-2-6(4-3-5)8(10)12;1-3-5(7)10-4(2)6(8)9-3/h5-8,13-16,25-26H,9-12H2,1-4H3;1-4,13-14H,5-8H2;1-4H;3-4H,1-2H3/t13-,14-,15+,16+;;;3-,4+/m1.../s1. The number of hydrogen-bond acceptors (Lipinski definition) is 26. The predicted octanol–water partition coefficient (Wildman–Crippen LogP) is 2.00. The molecule has 426 valence electrons. The second-order valence-corrected chi connectivity index (χ2v) is 16.0. The van der Waals surface area contributed by atoms with Gasteiger partial charge in [0.25, 0.3) is 10.5 Å². The topological polar surface area (TPSA) is 378 Å². The third kappa shape index (κ3) is 26.3. The Morgan fingerprint density at radius 2 is 0.654 bits per heavy atom. The number of benzene rings is 3. The van der Waals surface area contributed by atoms with Crippen molar-refractivity contribution in [3.8, 4) is 0 Å². The van der Waals surface area contributed by atoms with E-state index in [-0.39, 0.29) is 75.1 Å². The minimum absolute atomic E-state index is 0.0703. The summed E-state index contributed by atoms with van der Waals surface area (Å²) < 4.78 is 47.5. The Morgan fingerprint density at radius 3 is 0.885 bits per heavy atom. The molecule has 4 N–H and O–H groups in total. The van der Waals surface area contributed by atoms with Gasteiger partial charge in [-0.05, 0) is 138 Å². The van der Waals surface area contributed by atoms with Gasteiger partial charge in [-0.15, -0.1) is 0 Å². The van der Waals surface area contributed by atoms with Crippen molar-refractivity contribution < 1.29 is 125 Å². The van der Waals surface area contributed by atoms with E-state index in [2.05, 4.69) is 18.9 Å². The summed E-state index contributed by atoms with van der Waals surface area (Å²) in [5.41, 5.74) is 1.45. The lowest BCUT2D eigenvalue weighted by atomic mass is 10.1. The molecule has 6 atom stereocenters. The van der Waals surface area contributed by atoms with Crippen LogP contribution in [0, 0.1) is 0 Å². The summed E-state index contributed by atoms with van der Waals surface area (Å²) in [6.45, 7) is 6.02. The Labute approximate surface area is 454 Å². The van der Waals surface area contributed by atoms with Crippen LogP contribution in [0.4, 0.5) is 0 Å². The van der Waals surface area contributed by atoms with E-state index in [0.29, 0.717) is 11.1 Å². The first kappa shape index (κ1) is 68.1. The van der Waals surface area contributed by atoms with Gasteiger partial charge in [0.05, 0.1) is 35.5 Å². The Balaban J connectivity index is 0.000000616. The summed E-state index contributed by atoms with van der Waals surface area (Å²) in [6, 6.07) is 16.7. The highest BCUT2D eigenvalue weighted by Gasteiger charge is 2.32. The van der Waals surface area contributed by atoms with Crippen LogP contribution < -0.4 is 0 Å². The van der Waals surface area contributed by atoms with E-state index in [4.69, 9.17) is 72.0 Å². The van der Waals surface area contributed by atoms with E-state index >= 15 is 0 Å². The number of hydrogen-bond donors (Lipinski definition) is 4. The molecule has 78 heavy (non-hydrogen) atoms. The van der Waals surface area contributed by atoms with Crippen LogP contribution >= 0.6 is 23.2 Å². The molecule has 0 spiro atoms. The number of carbonyl (C=O) groups excluding carboxylic acids is 12. The minimum Gasteiger partial charge on any atom is -0.460 e. The third-order valence-corrected chi connectivity index (χ3v) is 9.44. The quantitative estimate of drug-likeness (QED) is 0.0484. The van der Waals surface area contributed by atoms with Gasteiger partial charge >= 0.3 is 59.7 Å². The average molecular weight is 1140 g/mol. The van der Waals surface area contributed by atoms with Crippen LogP contribution in [0.3, 0.4) is 0 Å². The molecule has 0 radical (unpaired) electrons. The molecule has 0 aliphatic carbocycles. The maximum absolute atomic E-state index is 12.1. The van der Waals surface area contributed by atoms with E-state index in [1.165, 1.54) is 114 Å². The molecule has 1 heterocycles. The molecule has 0 amide bonds. The fourth-order valence-corrected chi connectivity index (χ4v) is 5.14. The molecule has 1 aliphatic heterocycles. The van der Waals surface area contributed by atoms with Crippen LogP contribution in [0.5, 0.6) is 0 Å². The third-order valence-electron chi connectivity index (χ3n) is 9.00. The van der Waals surface area contributed by atoms with Gasteiger partial charge in [0.15, 0.2) is 24.4 Å². The van der Waals surface area contributed by atoms with Crippen LogP contribution in [0.2, 0.25) is 0 Å². The molecule has 0 bridgehead atoms. The molecule has 1 fully saturated rings. The first-order valence-corrected chi connectivity index (χ1v) is 23.6. The number of rotatable bonds is 22. The monoisotopic (exact) mass is 1140 g/mol. The first-order valence-electron chi connectivity index (χ1n) is 22.9. The van der Waals surface area contributed by atoms with Gasteiger partial charge in [-0.2, -0.15) is 0 Å². The molecule has 0 aromatic heterocycles. The molecule has 1 saturated heterocycles. The predicted molar refractivity (Wildman–Crippen MR) is 262 cm³/mol. The van der Waals surface area contributed by atoms with Gasteiger partial charge in [0, 0.05) is 11.1 Å². The van der Waals surface area contributed by atoms with Gasteiger partial charge in [-0.25, -0.2) is 47.9 Å². The van der Waals surface area contributed by atoms with Gasteiger partial charge < -0.3 is 67.8 Å². The van der Waals surface area contributed by atoms with Crippen molar-refractivity contribution in [3.05, 3.63) is 106 Å². The van der Waals surface area contributed by atoms with E-state index in [1.807, 2.05) is 0 Å². The van der Waals surface area contributed by atoms with Gasteiger partial charge in [-0.1, -0.05) is 0 Å². The van der Waals surface area contributed by atoms with Crippen LogP contribution in [0.25, 0.3) is 0 Å². The molecule has 26 nitrogen and oxygen atoms in total. The number of cyclic esters (lactones) is 2. The Morgan fingerprint density at radius 1 is 0.423 bits per heavy atom.